The van der Waals surface area contributed by atoms with E-state index in [0.29, 0.717) is 5.69 Å². The first-order valence-electron chi connectivity index (χ1n) is 8.31. The van der Waals surface area contributed by atoms with Crippen molar-refractivity contribution in [2.24, 2.45) is 5.92 Å². The van der Waals surface area contributed by atoms with Gasteiger partial charge in [-0.3, -0.25) is 9.59 Å². The van der Waals surface area contributed by atoms with Crippen LogP contribution in [0, 0.1) is 5.92 Å². The number of hydrogen-bond donors (Lipinski definition) is 3. The molecule has 0 bridgehead atoms. The van der Waals surface area contributed by atoms with Crippen LogP contribution < -0.4 is 10.6 Å². The van der Waals surface area contributed by atoms with E-state index < -0.39 is 5.97 Å². The van der Waals surface area contributed by atoms with E-state index in [4.69, 9.17) is 5.11 Å². The minimum atomic E-state index is -1.20. The zero-order valence-corrected chi connectivity index (χ0v) is 14.0. The average Bonchev–Trinajstić information content (AvgIpc) is 3.00. The number of hydrogen-bond acceptors (Lipinski definition) is 5. The lowest BCUT2D eigenvalue weighted by atomic mass is 9.85. The molecule has 0 saturated heterocycles. The Balaban J connectivity index is 1.50. The Hall–Kier alpha value is -3.23. The van der Waals surface area contributed by atoms with Gasteiger partial charge in [0.2, 0.25) is 11.8 Å². The molecule has 1 fully saturated rings. The molecule has 0 unspecified atom stereocenters. The lowest BCUT2D eigenvalue weighted by Crippen LogP contribution is -2.28. The van der Waals surface area contributed by atoms with Gasteiger partial charge in [-0.05, 0) is 30.5 Å². The van der Waals surface area contributed by atoms with Crippen molar-refractivity contribution in [2.45, 2.75) is 32.4 Å². The van der Waals surface area contributed by atoms with Gasteiger partial charge in [0.1, 0.15) is 6.54 Å². The highest BCUT2D eigenvalue weighted by Crippen LogP contribution is 2.27. The van der Waals surface area contributed by atoms with Crippen LogP contribution in [-0.2, 0) is 22.7 Å². The van der Waals surface area contributed by atoms with Gasteiger partial charge in [0, 0.05) is 18.2 Å². The molecule has 0 spiro atoms. The third-order valence-corrected chi connectivity index (χ3v) is 4.22. The van der Waals surface area contributed by atoms with Crippen molar-refractivity contribution in [3.8, 4) is 0 Å². The molecule has 1 saturated carbocycles. The minimum absolute atomic E-state index is 0.0397. The number of amides is 2. The maximum absolute atomic E-state index is 12.0. The number of carbonyl (C=O) groups excluding carboxylic acids is 2. The van der Waals surface area contributed by atoms with Crippen LogP contribution in [-0.4, -0.2) is 37.9 Å². The van der Waals surface area contributed by atoms with Crippen LogP contribution in [0.15, 0.2) is 30.5 Å². The standard InChI is InChI=1S/C17H19N5O4/c23-15(10-22-9-14(17(25)26)20-21-22)18-8-11-3-1-6-13(7-11)19-16(24)12-4-2-5-12/h1,3,6-7,9,12H,2,4-5,8,10H2,(H,18,23)(H,19,24)(H,25,26). The predicted molar refractivity (Wildman–Crippen MR) is 91.2 cm³/mol. The summed E-state index contributed by atoms with van der Waals surface area (Å²) in [4.78, 5) is 34.7. The van der Waals surface area contributed by atoms with Crippen LogP contribution in [0.5, 0.6) is 0 Å². The molecule has 3 N–H and O–H groups in total. The summed E-state index contributed by atoms with van der Waals surface area (Å²) in [6.07, 6.45) is 4.17. The van der Waals surface area contributed by atoms with Crippen molar-refractivity contribution in [1.82, 2.24) is 20.3 Å². The topological polar surface area (TPSA) is 126 Å². The molecule has 0 atom stereocenters. The Morgan fingerprint density at radius 3 is 2.73 bits per heavy atom. The van der Waals surface area contributed by atoms with Gasteiger partial charge >= 0.3 is 5.97 Å². The van der Waals surface area contributed by atoms with E-state index in [2.05, 4.69) is 20.9 Å². The normalized spacial score (nSPS) is 13.7. The van der Waals surface area contributed by atoms with Gasteiger partial charge in [-0.25, -0.2) is 9.48 Å². The molecule has 9 heteroatoms. The van der Waals surface area contributed by atoms with Gasteiger partial charge in [-0.15, -0.1) is 5.10 Å². The SMILES string of the molecule is O=C(Cn1cc(C(=O)O)nn1)NCc1cccc(NC(=O)C2CCC2)c1. The van der Waals surface area contributed by atoms with Crippen LogP contribution in [0.25, 0.3) is 0 Å². The Kier molecular flexibility index (Phi) is 5.26. The van der Waals surface area contributed by atoms with E-state index in [1.807, 2.05) is 24.3 Å². The summed E-state index contributed by atoms with van der Waals surface area (Å²) < 4.78 is 1.16. The molecular weight excluding hydrogens is 338 g/mol. The molecule has 1 aromatic carbocycles. The number of rotatable bonds is 7. The number of nitrogens with zero attached hydrogens (tertiary/aromatic N) is 3. The zero-order chi connectivity index (χ0) is 18.5. The van der Waals surface area contributed by atoms with Crippen molar-refractivity contribution >= 4 is 23.5 Å². The van der Waals surface area contributed by atoms with Gasteiger partial charge in [0.05, 0.1) is 6.20 Å². The molecule has 3 rings (SSSR count). The number of anilines is 1. The van der Waals surface area contributed by atoms with Gasteiger partial charge < -0.3 is 15.7 Å². The van der Waals surface area contributed by atoms with Crippen molar-refractivity contribution in [1.29, 1.82) is 0 Å². The molecule has 26 heavy (non-hydrogen) atoms. The largest absolute Gasteiger partial charge is 0.476 e. The molecular formula is C17H19N5O4. The molecule has 0 aliphatic heterocycles. The first-order valence-corrected chi connectivity index (χ1v) is 8.31. The van der Waals surface area contributed by atoms with Gasteiger partial charge in [-0.1, -0.05) is 23.8 Å². The third-order valence-electron chi connectivity index (χ3n) is 4.22. The summed E-state index contributed by atoms with van der Waals surface area (Å²) in [6.45, 7) is 0.158. The second-order valence-corrected chi connectivity index (χ2v) is 6.20. The molecule has 0 radical (unpaired) electrons. The quantitative estimate of drug-likeness (QED) is 0.679. The summed E-state index contributed by atoms with van der Waals surface area (Å²) in [5, 5.41) is 21.4. The molecule has 9 nitrogen and oxygen atoms in total. The summed E-state index contributed by atoms with van der Waals surface area (Å²) in [5.41, 5.74) is 1.33. The van der Waals surface area contributed by atoms with Gasteiger partial charge in [0.15, 0.2) is 5.69 Å². The highest BCUT2D eigenvalue weighted by molar-refractivity contribution is 5.93. The average molecular weight is 357 g/mol. The fourth-order valence-corrected chi connectivity index (χ4v) is 2.55. The van der Waals surface area contributed by atoms with Gasteiger partial charge in [0.25, 0.3) is 0 Å². The first kappa shape index (κ1) is 17.6. The second kappa shape index (κ2) is 7.77. The van der Waals surface area contributed by atoms with Crippen LogP contribution in [0.3, 0.4) is 0 Å². The van der Waals surface area contributed by atoms with Crippen molar-refractivity contribution in [2.75, 3.05) is 5.32 Å². The maximum Gasteiger partial charge on any atom is 0.358 e. The number of carboxylic acid groups (broad SMARTS) is 1. The second-order valence-electron chi connectivity index (χ2n) is 6.20. The number of benzene rings is 1. The predicted octanol–water partition coefficient (Wildman–Crippen LogP) is 1.03. The number of aromatic nitrogens is 3. The lowest BCUT2D eigenvalue weighted by molar-refractivity contribution is -0.122. The number of aromatic carboxylic acids is 1. The molecule has 2 amide bonds. The molecule has 136 valence electrons. The third kappa shape index (κ3) is 4.44. The Morgan fingerprint density at radius 1 is 1.27 bits per heavy atom. The molecule has 1 aromatic heterocycles. The van der Waals surface area contributed by atoms with E-state index in [1.54, 1.807) is 0 Å². The Morgan fingerprint density at radius 2 is 2.08 bits per heavy atom. The molecule has 1 aliphatic carbocycles. The van der Waals surface area contributed by atoms with Crippen molar-refractivity contribution in [3.05, 3.63) is 41.7 Å². The van der Waals surface area contributed by atoms with E-state index in [1.165, 1.54) is 6.20 Å². The fraction of sp³-hybridized carbons (Fsp3) is 0.353. The molecule has 1 heterocycles. The van der Waals surface area contributed by atoms with Crippen LogP contribution >= 0.6 is 0 Å². The minimum Gasteiger partial charge on any atom is -0.476 e. The van der Waals surface area contributed by atoms with E-state index in [0.717, 1.165) is 29.5 Å². The maximum atomic E-state index is 12.0. The highest BCUT2D eigenvalue weighted by atomic mass is 16.4. The number of carboxylic acids is 1. The summed E-state index contributed by atoms with van der Waals surface area (Å²) in [6, 6.07) is 7.28. The van der Waals surface area contributed by atoms with E-state index in [9.17, 15) is 14.4 Å². The monoisotopic (exact) mass is 357 g/mol. The van der Waals surface area contributed by atoms with E-state index >= 15 is 0 Å². The summed E-state index contributed by atoms with van der Waals surface area (Å²) in [7, 11) is 0. The summed E-state index contributed by atoms with van der Waals surface area (Å²) in [5.74, 6) is -1.37. The first-order chi connectivity index (χ1) is 12.5. The van der Waals surface area contributed by atoms with E-state index in [-0.39, 0.29) is 36.5 Å². The summed E-state index contributed by atoms with van der Waals surface area (Å²) >= 11 is 0. The molecule has 1 aliphatic rings. The van der Waals surface area contributed by atoms with Crippen molar-refractivity contribution < 1.29 is 19.5 Å². The smallest absolute Gasteiger partial charge is 0.358 e. The number of carbonyl (C=O) groups is 3. The molecule has 2 aromatic rings. The van der Waals surface area contributed by atoms with Crippen molar-refractivity contribution in [3.63, 3.8) is 0 Å². The van der Waals surface area contributed by atoms with Gasteiger partial charge in [-0.2, -0.15) is 0 Å². The Labute approximate surface area is 149 Å². The fourth-order valence-electron chi connectivity index (χ4n) is 2.55. The van der Waals surface area contributed by atoms with Crippen LogP contribution in [0.2, 0.25) is 0 Å². The Bertz CT molecular complexity index is 828. The zero-order valence-electron chi connectivity index (χ0n) is 14.0. The number of nitrogens with one attached hydrogen (secondary N) is 2. The lowest BCUT2D eigenvalue weighted by Gasteiger charge is -2.24. The highest BCUT2D eigenvalue weighted by Gasteiger charge is 2.25. The van der Waals surface area contributed by atoms with Crippen LogP contribution in [0.4, 0.5) is 5.69 Å². The van der Waals surface area contributed by atoms with Crippen LogP contribution in [0.1, 0.15) is 35.3 Å².